The van der Waals surface area contributed by atoms with Gasteiger partial charge in [-0.3, -0.25) is 10.1 Å². The van der Waals surface area contributed by atoms with Gasteiger partial charge >= 0.3 is 0 Å². The van der Waals surface area contributed by atoms with Gasteiger partial charge in [-0.15, -0.1) is 0 Å². The van der Waals surface area contributed by atoms with Crippen LogP contribution >= 0.6 is 0 Å². The molecule has 0 radical (unpaired) electrons. The Balaban J connectivity index is 2.01. The van der Waals surface area contributed by atoms with Crippen molar-refractivity contribution in [3.8, 4) is 0 Å². The number of rotatable bonds is 6. The summed E-state index contributed by atoms with van der Waals surface area (Å²) in [6, 6.07) is 0.0580. The minimum atomic E-state index is 0.0580. The van der Waals surface area contributed by atoms with Crippen molar-refractivity contribution >= 4 is 5.91 Å². The first-order valence-corrected chi connectivity index (χ1v) is 7.58. The normalized spacial score (nSPS) is 30.3. The zero-order valence-corrected chi connectivity index (χ0v) is 12.3. The average molecular weight is 252 g/mol. The summed E-state index contributed by atoms with van der Waals surface area (Å²) in [6.45, 7) is 9.77. The van der Waals surface area contributed by atoms with Gasteiger partial charge in [0, 0.05) is 6.54 Å². The number of carbonyl (C=O) groups is 1. The van der Waals surface area contributed by atoms with E-state index in [4.69, 9.17) is 0 Å². The molecule has 0 aromatic heterocycles. The number of hydrogen-bond donors (Lipinski definition) is 1. The Labute approximate surface area is 111 Å². The van der Waals surface area contributed by atoms with Gasteiger partial charge in [-0.05, 0) is 43.4 Å². The smallest absolute Gasteiger partial charge is 0.241 e. The van der Waals surface area contributed by atoms with E-state index in [0.29, 0.717) is 17.2 Å². The third kappa shape index (κ3) is 2.71. The van der Waals surface area contributed by atoms with Crippen LogP contribution in [-0.2, 0) is 4.79 Å². The first kappa shape index (κ1) is 13.9. The van der Waals surface area contributed by atoms with E-state index >= 15 is 0 Å². The highest BCUT2D eigenvalue weighted by Gasteiger charge is 2.47. The SMILES string of the molecule is CCC1NC(CC(C)C)C(=O)N1CC1(CC)CC1. The summed E-state index contributed by atoms with van der Waals surface area (Å²) in [5, 5.41) is 3.52. The van der Waals surface area contributed by atoms with Crippen LogP contribution < -0.4 is 5.32 Å². The van der Waals surface area contributed by atoms with E-state index in [2.05, 4.69) is 37.9 Å². The van der Waals surface area contributed by atoms with Crippen LogP contribution in [0.15, 0.2) is 0 Å². The van der Waals surface area contributed by atoms with Gasteiger partial charge in [0.25, 0.3) is 0 Å². The molecule has 1 N–H and O–H groups in total. The van der Waals surface area contributed by atoms with E-state index < -0.39 is 0 Å². The maximum atomic E-state index is 12.5. The van der Waals surface area contributed by atoms with Crippen molar-refractivity contribution in [2.75, 3.05) is 6.54 Å². The van der Waals surface area contributed by atoms with E-state index in [-0.39, 0.29) is 12.2 Å². The predicted octanol–water partition coefficient (Wildman–Crippen LogP) is 2.76. The number of hydrogen-bond acceptors (Lipinski definition) is 2. The van der Waals surface area contributed by atoms with E-state index in [1.807, 2.05) is 0 Å². The lowest BCUT2D eigenvalue weighted by molar-refractivity contribution is -0.131. The number of nitrogens with zero attached hydrogens (tertiary/aromatic N) is 1. The van der Waals surface area contributed by atoms with Crippen molar-refractivity contribution in [3.63, 3.8) is 0 Å². The van der Waals surface area contributed by atoms with E-state index in [1.54, 1.807) is 0 Å². The summed E-state index contributed by atoms with van der Waals surface area (Å²) in [4.78, 5) is 14.6. The van der Waals surface area contributed by atoms with Gasteiger partial charge in [-0.1, -0.05) is 27.7 Å². The Morgan fingerprint density at radius 1 is 1.39 bits per heavy atom. The molecule has 1 saturated heterocycles. The Hall–Kier alpha value is -0.570. The summed E-state index contributed by atoms with van der Waals surface area (Å²) in [6.07, 6.45) is 6.06. The maximum absolute atomic E-state index is 12.5. The van der Waals surface area contributed by atoms with Crippen molar-refractivity contribution in [1.82, 2.24) is 10.2 Å². The summed E-state index contributed by atoms with van der Waals surface area (Å²) >= 11 is 0. The molecule has 2 rings (SSSR count). The Kier molecular flexibility index (Phi) is 4.00. The summed E-state index contributed by atoms with van der Waals surface area (Å²) in [7, 11) is 0. The molecular formula is C15H28N2O. The van der Waals surface area contributed by atoms with Crippen LogP contribution in [0.1, 0.15) is 59.8 Å². The third-order valence-corrected chi connectivity index (χ3v) is 4.66. The fourth-order valence-corrected chi connectivity index (χ4v) is 3.08. The van der Waals surface area contributed by atoms with Crippen LogP contribution in [0.4, 0.5) is 0 Å². The second-order valence-electron chi connectivity index (χ2n) is 6.59. The lowest BCUT2D eigenvalue weighted by Gasteiger charge is -2.27. The number of amides is 1. The highest BCUT2D eigenvalue weighted by atomic mass is 16.2. The standard InChI is InChI=1S/C15H28N2O/c1-5-13-16-12(9-11(3)4)14(18)17(13)10-15(6-2)7-8-15/h11-13,16H,5-10H2,1-4H3. The van der Waals surface area contributed by atoms with Crippen molar-refractivity contribution in [1.29, 1.82) is 0 Å². The third-order valence-electron chi connectivity index (χ3n) is 4.66. The molecule has 1 heterocycles. The minimum absolute atomic E-state index is 0.0580. The molecule has 18 heavy (non-hydrogen) atoms. The predicted molar refractivity (Wildman–Crippen MR) is 74.1 cm³/mol. The largest absolute Gasteiger partial charge is 0.325 e. The fraction of sp³-hybridized carbons (Fsp3) is 0.933. The lowest BCUT2D eigenvalue weighted by atomic mass is 10.0. The van der Waals surface area contributed by atoms with E-state index in [1.165, 1.54) is 19.3 Å². The molecule has 2 aliphatic rings. The molecule has 1 amide bonds. The molecule has 0 aromatic rings. The van der Waals surface area contributed by atoms with Gasteiger partial charge in [-0.25, -0.2) is 0 Å². The van der Waals surface area contributed by atoms with Gasteiger partial charge in [0.1, 0.15) is 0 Å². The molecule has 1 aliphatic heterocycles. The van der Waals surface area contributed by atoms with Gasteiger partial charge in [-0.2, -0.15) is 0 Å². The molecule has 2 unspecified atom stereocenters. The molecule has 3 heteroatoms. The van der Waals surface area contributed by atoms with Gasteiger partial charge in [0.15, 0.2) is 0 Å². The monoisotopic (exact) mass is 252 g/mol. The van der Waals surface area contributed by atoms with Gasteiger partial charge in [0.2, 0.25) is 5.91 Å². The quantitative estimate of drug-likeness (QED) is 0.788. The Bertz CT molecular complexity index is 310. The zero-order valence-electron chi connectivity index (χ0n) is 12.3. The first-order chi connectivity index (χ1) is 8.51. The van der Waals surface area contributed by atoms with Gasteiger partial charge in [0.05, 0.1) is 12.2 Å². The molecule has 2 atom stereocenters. The van der Waals surface area contributed by atoms with Crippen molar-refractivity contribution in [2.45, 2.75) is 72.0 Å². The molecule has 1 saturated carbocycles. The van der Waals surface area contributed by atoms with Crippen molar-refractivity contribution < 1.29 is 4.79 Å². The maximum Gasteiger partial charge on any atom is 0.241 e. The van der Waals surface area contributed by atoms with Crippen molar-refractivity contribution in [3.05, 3.63) is 0 Å². The average Bonchev–Trinajstić information content (AvgIpc) is 3.05. The van der Waals surface area contributed by atoms with Crippen LogP contribution in [0.5, 0.6) is 0 Å². The van der Waals surface area contributed by atoms with Gasteiger partial charge < -0.3 is 4.90 Å². The van der Waals surface area contributed by atoms with Crippen LogP contribution in [0.2, 0.25) is 0 Å². The fourth-order valence-electron chi connectivity index (χ4n) is 3.08. The number of nitrogens with one attached hydrogen (secondary N) is 1. The summed E-state index contributed by atoms with van der Waals surface area (Å²) in [5.41, 5.74) is 0.456. The minimum Gasteiger partial charge on any atom is -0.325 e. The van der Waals surface area contributed by atoms with E-state index in [0.717, 1.165) is 19.4 Å². The van der Waals surface area contributed by atoms with Crippen LogP contribution in [0.25, 0.3) is 0 Å². The summed E-state index contributed by atoms with van der Waals surface area (Å²) < 4.78 is 0. The molecular weight excluding hydrogens is 224 g/mol. The topological polar surface area (TPSA) is 32.3 Å². The number of carbonyl (C=O) groups excluding carboxylic acids is 1. The lowest BCUT2D eigenvalue weighted by Crippen LogP contribution is -2.40. The van der Waals surface area contributed by atoms with Crippen LogP contribution in [0.3, 0.4) is 0 Å². The second-order valence-corrected chi connectivity index (χ2v) is 6.59. The van der Waals surface area contributed by atoms with Crippen LogP contribution in [0, 0.1) is 11.3 Å². The highest BCUT2D eigenvalue weighted by Crippen LogP contribution is 2.49. The second kappa shape index (κ2) is 5.20. The molecule has 3 nitrogen and oxygen atoms in total. The molecule has 0 spiro atoms. The van der Waals surface area contributed by atoms with Crippen molar-refractivity contribution in [2.24, 2.45) is 11.3 Å². The van der Waals surface area contributed by atoms with Crippen LogP contribution in [-0.4, -0.2) is 29.6 Å². The first-order valence-electron chi connectivity index (χ1n) is 7.58. The Morgan fingerprint density at radius 2 is 2.06 bits per heavy atom. The summed E-state index contributed by atoms with van der Waals surface area (Å²) in [5.74, 6) is 0.917. The Morgan fingerprint density at radius 3 is 2.50 bits per heavy atom. The molecule has 0 aromatic carbocycles. The molecule has 1 aliphatic carbocycles. The zero-order chi connectivity index (χ0) is 13.3. The molecule has 2 fully saturated rings. The molecule has 0 bridgehead atoms. The molecule has 104 valence electrons. The van der Waals surface area contributed by atoms with E-state index in [9.17, 15) is 4.79 Å². The highest BCUT2D eigenvalue weighted by molar-refractivity contribution is 5.84.